The molecule has 6 heteroatoms. The lowest BCUT2D eigenvalue weighted by molar-refractivity contribution is -0.129. The first-order chi connectivity index (χ1) is 16.1. The lowest BCUT2D eigenvalue weighted by Crippen LogP contribution is -2.12. The first-order valence-electron chi connectivity index (χ1n) is 11.7. The third-order valence-electron chi connectivity index (χ3n) is 4.40. The summed E-state index contributed by atoms with van der Waals surface area (Å²) >= 11 is 0. The number of aromatic nitrogens is 2. The van der Waals surface area contributed by atoms with E-state index in [0.29, 0.717) is 19.0 Å². The van der Waals surface area contributed by atoms with Gasteiger partial charge in [0.05, 0.1) is 0 Å². The van der Waals surface area contributed by atoms with Gasteiger partial charge in [-0.05, 0) is 58.3 Å². The van der Waals surface area contributed by atoms with E-state index in [-0.39, 0.29) is 0 Å². The molecule has 0 amide bonds. The topological polar surface area (TPSA) is 67.4 Å². The number of carbonyl (C=O) groups is 1. The Morgan fingerprint density at radius 3 is 2.36 bits per heavy atom. The van der Waals surface area contributed by atoms with Gasteiger partial charge in [0, 0.05) is 23.8 Å². The molecule has 0 saturated heterocycles. The molecule has 1 aromatic heterocycles. The number of nitrogens with zero attached hydrogens (tertiary/aromatic N) is 3. The molecule has 1 aromatic carbocycles. The van der Waals surface area contributed by atoms with Crippen molar-refractivity contribution in [2.75, 3.05) is 18.5 Å². The van der Waals surface area contributed by atoms with Crippen LogP contribution in [-0.4, -0.2) is 30.0 Å². The second-order valence-electron chi connectivity index (χ2n) is 7.33. The highest BCUT2D eigenvalue weighted by Gasteiger charge is 2.06. The third-order valence-corrected chi connectivity index (χ3v) is 4.40. The minimum atomic E-state index is 0.365. The van der Waals surface area contributed by atoms with Crippen LogP contribution in [0.25, 0.3) is 0 Å². The Morgan fingerprint density at radius 2 is 1.82 bits per heavy atom. The third kappa shape index (κ3) is 15.5. The maximum Gasteiger partial charge on any atom is 0.293 e. The summed E-state index contributed by atoms with van der Waals surface area (Å²) in [5, 5.41) is 3.16. The lowest BCUT2D eigenvalue weighted by atomic mass is 10.2. The van der Waals surface area contributed by atoms with Crippen LogP contribution in [0.2, 0.25) is 0 Å². The molecule has 0 radical (unpaired) electrons. The van der Waals surface area contributed by atoms with E-state index in [9.17, 15) is 4.79 Å². The second kappa shape index (κ2) is 20.9. The highest BCUT2D eigenvalue weighted by Crippen LogP contribution is 2.13. The van der Waals surface area contributed by atoms with E-state index >= 15 is 0 Å². The Kier molecular flexibility index (Phi) is 19.0. The quantitative estimate of drug-likeness (QED) is 0.314. The molecule has 1 N–H and O–H groups in total. The predicted octanol–water partition coefficient (Wildman–Crippen LogP) is 5.98. The number of hydrogen-bond acceptors (Lipinski definition) is 6. The largest absolute Gasteiger partial charge is 0.463 e. The Bertz CT molecular complexity index is 777. The molecule has 0 spiro atoms. The van der Waals surface area contributed by atoms with Crippen LogP contribution in [0.5, 0.6) is 0 Å². The van der Waals surface area contributed by atoms with Gasteiger partial charge >= 0.3 is 0 Å². The number of nitrogens with one attached hydrogen (secondary N) is 1. The van der Waals surface area contributed by atoms with E-state index < -0.39 is 0 Å². The Balaban J connectivity index is 0.000000607. The van der Waals surface area contributed by atoms with Crippen molar-refractivity contribution in [1.29, 1.82) is 0 Å². The molecule has 0 aliphatic rings. The maximum absolute atomic E-state index is 9.76. The number of benzene rings is 1. The number of unbranched alkanes of at least 4 members (excludes halogenated alkanes) is 2. The van der Waals surface area contributed by atoms with E-state index in [1.165, 1.54) is 12.8 Å². The Hall–Kier alpha value is -2.99. The minimum Gasteiger partial charge on any atom is -0.463 e. The summed E-state index contributed by atoms with van der Waals surface area (Å²) in [7, 11) is 1.98. The van der Waals surface area contributed by atoms with Crippen LogP contribution in [0.3, 0.4) is 0 Å². The summed E-state index contributed by atoms with van der Waals surface area (Å²) in [5.41, 5.74) is 3.09. The van der Waals surface area contributed by atoms with Crippen molar-refractivity contribution in [3.8, 4) is 0 Å². The van der Waals surface area contributed by atoms with Crippen molar-refractivity contribution in [2.45, 2.75) is 66.4 Å². The summed E-state index contributed by atoms with van der Waals surface area (Å²) < 4.78 is 4.54. The van der Waals surface area contributed by atoms with E-state index in [2.05, 4.69) is 46.5 Å². The average Bonchev–Trinajstić information content (AvgIpc) is 2.84. The molecule has 6 nitrogen and oxygen atoms in total. The number of hydrogen-bond donors (Lipinski definition) is 1. The van der Waals surface area contributed by atoms with Crippen LogP contribution in [-0.2, 0) is 22.6 Å². The molecule has 0 fully saturated rings. The van der Waals surface area contributed by atoms with Crippen molar-refractivity contribution in [1.82, 2.24) is 15.3 Å². The Labute approximate surface area is 200 Å². The number of anilines is 1. The van der Waals surface area contributed by atoms with Gasteiger partial charge in [0.1, 0.15) is 6.61 Å². The summed E-state index contributed by atoms with van der Waals surface area (Å²) in [6, 6.07) is 11.6. The number of allylic oxidation sites excluding steroid dienone is 1. The molecular formula is C27H42N4O2. The predicted molar refractivity (Wildman–Crippen MR) is 139 cm³/mol. The van der Waals surface area contributed by atoms with Crippen molar-refractivity contribution in [3.05, 3.63) is 78.4 Å². The minimum absolute atomic E-state index is 0.365. The molecule has 0 saturated carbocycles. The standard InChI is InChI=1S/C15H24N4.C8H8O2.C4H10/c1-5-11-19(6-2)15-17-13(3)12-14(18-15)9-7-8-10-16-4;9-7-10-6-8-4-2-1-3-5-8;1-3-4-2/h5-6,11-12,16H,2,7-10H2,1,3-4H3;1-5,7H,6H2;3-4H2,1-2H3/b11-5-;;. The zero-order valence-corrected chi connectivity index (χ0v) is 21.1. The molecule has 1 heterocycles. The number of rotatable bonds is 12. The molecule has 2 rings (SSSR count). The van der Waals surface area contributed by atoms with Gasteiger partial charge in [-0.3, -0.25) is 9.69 Å². The Morgan fingerprint density at radius 1 is 1.12 bits per heavy atom. The van der Waals surface area contributed by atoms with E-state index in [0.717, 1.165) is 42.8 Å². The first kappa shape index (κ1) is 30.0. The van der Waals surface area contributed by atoms with Crippen molar-refractivity contribution in [2.24, 2.45) is 0 Å². The van der Waals surface area contributed by atoms with Crippen LogP contribution in [0.15, 0.2) is 61.5 Å². The van der Waals surface area contributed by atoms with Gasteiger partial charge in [-0.15, -0.1) is 0 Å². The molecular weight excluding hydrogens is 412 g/mol. The fourth-order valence-corrected chi connectivity index (χ4v) is 2.54. The van der Waals surface area contributed by atoms with Gasteiger partial charge in [-0.2, -0.15) is 0 Å². The summed E-state index contributed by atoms with van der Waals surface area (Å²) in [5.74, 6) is 0.691. The van der Waals surface area contributed by atoms with Crippen LogP contribution >= 0.6 is 0 Å². The van der Waals surface area contributed by atoms with Crippen molar-refractivity contribution >= 4 is 12.4 Å². The normalized spacial score (nSPS) is 9.85. The summed E-state index contributed by atoms with van der Waals surface area (Å²) in [6.45, 7) is 14.0. The zero-order chi connectivity index (χ0) is 24.7. The smallest absolute Gasteiger partial charge is 0.293 e. The maximum atomic E-state index is 9.76. The van der Waals surface area contributed by atoms with Gasteiger partial charge in [-0.25, -0.2) is 9.97 Å². The molecule has 33 heavy (non-hydrogen) atoms. The highest BCUT2D eigenvalue weighted by molar-refractivity contribution is 5.40. The summed E-state index contributed by atoms with van der Waals surface area (Å²) in [4.78, 5) is 20.6. The number of aryl methyl sites for hydroxylation is 2. The lowest BCUT2D eigenvalue weighted by Gasteiger charge is -2.14. The van der Waals surface area contributed by atoms with E-state index in [4.69, 9.17) is 0 Å². The fourth-order valence-electron chi connectivity index (χ4n) is 2.54. The first-order valence-corrected chi connectivity index (χ1v) is 11.7. The van der Waals surface area contributed by atoms with Gasteiger partial charge in [0.25, 0.3) is 6.47 Å². The van der Waals surface area contributed by atoms with Crippen molar-refractivity contribution < 1.29 is 9.53 Å². The number of carbonyl (C=O) groups excluding carboxylic acids is 1. The van der Waals surface area contributed by atoms with Gasteiger partial charge < -0.3 is 10.1 Å². The zero-order valence-electron chi connectivity index (χ0n) is 21.1. The molecule has 0 atom stereocenters. The monoisotopic (exact) mass is 454 g/mol. The van der Waals surface area contributed by atoms with Gasteiger partial charge in [-0.1, -0.05) is 69.7 Å². The summed E-state index contributed by atoms with van der Waals surface area (Å²) in [6.07, 6.45) is 11.5. The fraction of sp³-hybridized carbons (Fsp3) is 0.444. The second-order valence-corrected chi connectivity index (χ2v) is 7.33. The van der Waals surface area contributed by atoms with Crippen LogP contribution in [0.4, 0.5) is 5.95 Å². The van der Waals surface area contributed by atoms with Gasteiger partial charge in [0.2, 0.25) is 5.95 Å². The SMILES string of the molecule is C=CN(/C=C\C)c1nc(C)cc(CCCCNC)n1.CCCC.O=COCc1ccccc1. The van der Waals surface area contributed by atoms with Gasteiger partial charge in [0.15, 0.2) is 0 Å². The van der Waals surface area contributed by atoms with Crippen LogP contribution < -0.4 is 10.2 Å². The van der Waals surface area contributed by atoms with Crippen LogP contribution in [0.1, 0.15) is 63.4 Å². The van der Waals surface area contributed by atoms with Crippen LogP contribution in [0, 0.1) is 6.92 Å². The number of ether oxygens (including phenoxy) is 1. The molecule has 182 valence electrons. The molecule has 2 aromatic rings. The molecule has 0 unspecified atom stereocenters. The average molecular weight is 455 g/mol. The molecule has 0 aliphatic carbocycles. The van der Waals surface area contributed by atoms with E-state index in [1.807, 2.05) is 68.4 Å². The highest BCUT2D eigenvalue weighted by atomic mass is 16.5. The van der Waals surface area contributed by atoms with Crippen molar-refractivity contribution in [3.63, 3.8) is 0 Å². The molecule has 0 bridgehead atoms. The molecule has 0 aliphatic heterocycles. The van der Waals surface area contributed by atoms with E-state index in [1.54, 1.807) is 6.20 Å².